The summed E-state index contributed by atoms with van der Waals surface area (Å²) >= 11 is 0. The molecule has 1 fully saturated rings. The van der Waals surface area contributed by atoms with Gasteiger partial charge in [-0.25, -0.2) is 13.2 Å². The number of rotatable bonds is 3. The fraction of sp³-hybridized carbons (Fsp3) is 0.538. The smallest absolute Gasteiger partial charge is 0.263 e. The lowest BCUT2D eigenvalue weighted by molar-refractivity contribution is 0.150. The fourth-order valence-electron chi connectivity index (χ4n) is 2.41. The Balaban J connectivity index is 2.41. The fourth-order valence-corrected chi connectivity index (χ4v) is 2.41. The number of benzene rings is 1. The molecule has 100 valence electrons. The van der Waals surface area contributed by atoms with Crippen LogP contribution < -0.4 is 10.1 Å². The summed E-state index contributed by atoms with van der Waals surface area (Å²) < 4.78 is 44.2. The first kappa shape index (κ1) is 13.2. The molecule has 2 nitrogen and oxygen atoms in total. The van der Waals surface area contributed by atoms with Crippen molar-refractivity contribution in [1.29, 1.82) is 0 Å². The van der Waals surface area contributed by atoms with Gasteiger partial charge in [0.05, 0.1) is 7.11 Å². The highest BCUT2D eigenvalue weighted by Crippen LogP contribution is 2.37. The Kier molecular flexibility index (Phi) is 4.11. The lowest BCUT2D eigenvalue weighted by atomic mass is 9.88. The Morgan fingerprint density at radius 1 is 1.28 bits per heavy atom. The van der Waals surface area contributed by atoms with E-state index in [0.717, 1.165) is 32.0 Å². The maximum Gasteiger partial charge on any atom is 0.263 e. The van der Waals surface area contributed by atoms with Crippen molar-refractivity contribution in [2.75, 3.05) is 20.2 Å². The number of nitrogens with one attached hydrogen (secondary N) is 1. The Labute approximate surface area is 104 Å². The van der Waals surface area contributed by atoms with E-state index >= 15 is 0 Å². The van der Waals surface area contributed by atoms with Gasteiger partial charge in [-0.1, -0.05) is 0 Å². The van der Waals surface area contributed by atoms with E-state index in [2.05, 4.69) is 5.32 Å². The Hall–Kier alpha value is -1.23. The Morgan fingerprint density at radius 2 is 1.94 bits per heavy atom. The van der Waals surface area contributed by atoms with Crippen LogP contribution in [0.1, 0.15) is 36.3 Å². The van der Waals surface area contributed by atoms with Crippen LogP contribution in [0.2, 0.25) is 0 Å². The van der Waals surface area contributed by atoms with E-state index in [4.69, 9.17) is 4.74 Å². The molecule has 0 radical (unpaired) electrons. The second kappa shape index (κ2) is 5.61. The molecule has 1 aromatic carbocycles. The van der Waals surface area contributed by atoms with Gasteiger partial charge in [0.1, 0.15) is 0 Å². The van der Waals surface area contributed by atoms with Crippen LogP contribution in [0.4, 0.5) is 13.2 Å². The van der Waals surface area contributed by atoms with E-state index in [1.807, 2.05) is 0 Å². The molecule has 0 aliphatic carbocycles. The third-order valence-corrected chi connectivity index (χ3v) is 3.33. The van der Waals surface area contributed by atoms with Crippen LogP contribution in [0, 0.1) is 5.82 Å². The molecular formula is C13H16F3NO. The van der Waals surface area contributed by atoms with Crippen LogP contribution in [-0.4, -0.2) is 20.2 Å². The average molecular weight is 259 g/mol. The first-order chi connectivity index (χ1) is 8.63. The SMILES string of the molecule is COc1c(F)cc(C(F)F)cc1C1CCNCC1. The highest BCUT2D eigenvalue weighted by molar-refractivity contribution is 5.41. The van der Waals surface area contributed by atoms with Crippen molar-refractivity contribution in [3.05, 3.63) is 29.1 Å². The largest absolute Gasteiger partial charge is 0.493 e. The summed E-state index contributed by atoms with van der Waals surface area (Å²) in [5, 5.41) is 3.19. The Morgan fingerprint density at radius 3 is 2.50 bits per heavy atom. The molecule has 18 heavy (non-hydrogen) atoms. The second-order valence-corrected chi connectivity index (χ2v) is 4.45. The zero-order chi connectivity index (χ0) is 13.1. The molecular weight excluding hydrogens is 243 g/mol. The van der Waals surface area contributed by atoms with Gasteiger partial charge in [0.15, 0.2) is 11.6 Å². The minimum absolute atomic E-state index is 0.0781. The monoisotopic (exact) mass is 259 g/mol. The van der Waals surface area contributed by atoms with Crippen LogP contribution in [0.3, 0.4) is 0 Å². The molecule has 0 aromatic heterocycles. The summed E-state index contributed by atoms with van der Waals surface area (Å²) in [6.07, 6.45) is -1.05. The van der Waals surface area contributed by atoms with Crippen LogP contribution in [0.25, 0.3) is 0 Å². The van der Waals surface area contributed by atoms with Crippen molar-refractivity contribution < 1.29 is 17.9 Å². The molecule has 1 N–H and O–H groups in total. The highest BCUT2D eigenvalue weighted by atomic mass is 19.3. The third-order valence-electron chi connectivity index (χ3n) is 3.33. The average Bonchev–Trinajstić information content (AvgIpc) is 2.38. The molecule has 0 saturated carbocycles. The zero-order valence-corrected chi connectivity index (χ0v) is 10.2. The predicted octanol–water partition coefficient (Wildman–Crippen LogP) is 3.24. The van der Waals surface area contributed by atoms with E-state index in [1.165, 1.54) is 13.2 Å². The minimum atomic E-state index is -2.66. The molecule has 1 heterocycles. The van der Waals surface area contributed by atoms with Gasteiger partial charge in [-0.2, -0.15) is 0 Å². The molecule has 1 aromatic rings. The van der Waals surface area contributed by atoms with E-state index in [0.29, 0.717) is 5.56 Å². The topological polar surface area (TPSA) is 21.3 Å². The normalized spacial score (nSPS) is 17.2. The van der Waals surface area contributed by atoms with Crippen molar-refractivity contribution in [3.63, 3.8) is 0 Å². The molecule has 2 rings (SSSR count). The van der Waals surface area contributed by atoms with Gasteiger partial charge in [-0.3, -0.25) is 0 Å². The van der Waals surface area contributed by atoms with E-state index in [9.17, 15) is 13.2 Å². The van der Waals surface area contributed by atoms with Crippen molar-refractivity contribution in [3.8, 4) is 5.75 Å². The maximum atomic E-state index is 13.8. The van der Waals surface area contributed by atoms with E-state index in [-0.39, 0.29) is 17.2 Å². The molecule has 1 aliphatic rings. The molecule has 1 aliphatic heterocycles. The molecule has 0 amide bonds. The molecule has 0 atom stereocenters. The van der Waals surface area contributed by atoms with Crippen molar-refractivity contribution in [1.82, 2.24) is 5.32 Å². The molecule has 0 spiro atoms. The second-order valence-electron chi connectivity index (χ2n) is 4.45. The van der Waals surface area contributed by atoms with Crippen molar-refractivity contribution >= 4 is 0 Å². The van der Waals surface area contributed by atoms with Gasteiger partial charge in [-0.15, -0.1) is 0 Å². The number of methoxy groups -OCH3 is 1. The molecule has 5 heteroatoms. The number of hydrogen-bond acceptors (Lipinski definition) is 2. The van der Waals surface area contributed by atoms with Crippen LogP contribution in [0.5, 0.6) is 5.75 Å². The minimum Gasteiger partial charge on any atom is -0.493 e. The summed E-state index contributed by atoms with van der Waals surface area (Å²) in [5.41, 5.74) is 0.288. The summed E-state index contributed by atoms with van der Waals surface area (Å²) in [6.45, 7) is 1.63. The summed E-state index contributed by atoms with van der Waals surface area (Å²) in [7, 11) is 1.37. The Bertz CT molecular complexity index is 417. The van der Waals surface area contributed by atoms with Crippen molar-refractivity contribution in [2.24, 2.45) is 0 Å². The van der Waals surface area contributed by atoms with Crippen LogP contribution >= 0.6 is 0 Å². The lowest BCUT2D eigenvalue weighted by Crippen LogP contribution is -2.27. The number of hydrogen-bond donors (Lipinski definition) is 1. The maximum absolute atomic E-state index is 13.8. The summed E-state index contributed by atoms with van der Waals surface area (Å²) in [6, 6.07) is 2.23. The van der Waals surface area contributed by atoms with Crippen LogP contribution in [0.15, 0.2) is 12.1 Å². The summed E-state index contributed by atoms with van der Waals surface area (Å²) in [4.78, 5) is 0. The number of halogens is 3. The number of ether oxygens (including phenoxy) is 1. The zero-order valence-electron chi connectivity index (χ0n) is 10.2. The highest BCUT2D eigenvalue weighted by Gasteiger charge is 2.23. The first-order valence-electron chi connectivity index (χ1n) is 5.99. The van der Waals surface area contributed by atoms with Crippen molar-refractivity contribution in [2.45, 2.75) is 25.2 Å². The van der Waals surface area contributed by atoms with Crippen LogP contribution in [-0.2, 0) is 0 Å². The van der Waals surface area contributed by atoms with Gasteiger partial charge < -0.3 is 10.1 Å². The van der Waals surface area contributed by atoms with Gasteiger partial charge in [0.2, 0.25) is 0 Å². The van der Waals surface area contributed by atoms with Gasteiger partial charge in [0, 0.05) is 11.1 Å². The number of piperidine rings is 1. The molecule has 1 saturated heterocycles. The molecule has 0 bridgehead atoms. The van der Waals surface area contributed by atoms with E-state index in [1.54, 1.807) is 0 Å². The van der Waals surface area contributed by atoms with Gasteiger partial charge in [0.25, 0.3) is 6.43 Å². The molecule has 0 unspecified atom stereocenters. The third kappa shape index (κ3) is 2.61. The predicted molar refractivity (Wildman–Crippen MR) is 62.8 cm³/mol. The van der Waals surface area contributed by atoms with E-state index < -0.39 is 12.2 Å². The number of alkyl halides is 2. The first-order valence-corrected chi connectivity index (χ1v) is 5.99. The standard InChI is InChI=1S/C13H16F3NO/c1-18-12-10(8-2-4-17-5-3-8)6-9(13(15)16)7-11(12)14/h6-8,13,17H,2-5H2,1H3. The lowest BCUT2D eigenvalue weighted by Gasteiger charge is -2.25. The summed E-state index contributed by atoms with van der Waals surface area (Å²) in [5.74, 6) is -0.524. The van der Waals surface area contributed by atoms with Gasteiger partial charge >= 0.3 is 0 Å². The quantitative estimate of drug-likeness (QED) is 0.899. The van der Waals surface area contributed by atoms with Gasteiger partial charge in [-0.05, 0) is 44.0 Å².